The summed E-state index contributed by atoms with van der Waals surface area (Å²) in [6.45, 7) is 1.97. The molecule has 18 heavy (non-hydrogen) atoms. The third kappa shape index (κ3) is 3.52. The highest BCUT2D eigenvalue weighted by molar-refractivity contribution is 6.31. The summed E-state index contributed by atoms with van der Waals surface area (Å²) in [6.07, 6.45) is 3.18. The molecule has 1 heterocycles. The zero-order valence-corrected chi connectivity index (χ0v) is 11.1. The summed E-state index contributed by atoms with van der Waals surface area (Å²) in [7, 11) is 0. The van der Waals surface area contributed by atoms with Crippen LogP contribution in [0, 0.1) is 0 Å². The molecule has 0 aliphatic heterocycles. The topological polar surface area (TPSA) is 51.8 Å². The van der Waals surface area contributed by atoms with E-state index in [2.05, 4.69) is 9.97 Å². The molecule has 1 aromatic carbocycles. The van der Waals surface area contributed by atoms with Crippen molar-refractivity contribution in [3.8, 4) is 0 Å². The van der Waals surface area contributed by atoms with E-state index in [1.807, 2.05) is 37.3 Å². The molecular weight excluding hydrogens is 246 g/mol. The van der Waals surface area contributed by atoms with Gasteiger partial charge in [-0.1, -0.05) is 29.8 Å². The van der Waals surface area contributed by atoms with Gasteiger partial charge in [0, 0.05) is 35.8 Å². The van der Waals surface area contributed by atoms with Gasteiger partial charge in [-0.25, -0.2) is 9.97 Å². The van der Waals surface area contributed by atoms with Crippen LogP contribution >= 0.6 is 11.6 Å². The third-order valence-electron chi connectivity index (χ3n) is 2.60. The fraction of sp³-hybridized carbons (Fsp3) is 0.286. The van der Waals surface area contributed by atoms with Crippen LogP contribution in [0.2, 0.25) is 5.02 Å². The van der Waals surface area contributed by atoms with E-state index in [-0.39, 0.29) is 6.04 Å². The average molecular weight is 262 g/mol. The molecule has 1 aromatic heterocycles. The van der Waals surface area contributed by atoms with Crippen molar-refractivity contribution in [1.29, 1.82) is 0 Å². The van der Waals surface area contributed by atoms with E-state index in [9.17, 15) is 0 Å². The molecule has 2 rings (SSSR count). The van der Waals surface area contributed by atoms with E-state index in [0.717, 1.165) is 28.5 Å². The Morgan fingerprint density at radius 3 is 2.78 bits per heavy atom. The van der Waals surface area contributed by atoms with Crippen LogP contribution in [-0.4, -0.2) is 16.0 Å². The molecule has 0 saturated carbocycles. The number of aromatic nitrogens is 2. The van der Waals surface area contributed by atoms with Crippen LogP contribution in [-0.2, 0) is 12.8 Å². The maximum atomic E-state index is 6.12. The molecule has 0 saturated heterocycles. The Morgan fingerprint density at radius 1 is 1.28 bits per heavy atom. The fourth-order valence-electron chi connectivity index (χ4n) is 1.78. The molecule has 0 bridgehead atoms. The maximum Gasteiger partial charge on any atom is 0.132 e. The summed E-state index contributed by atoms with van der Waals surface area (Å²) in [5.74, 6) is 0.779. The number of rotatable bonds is 4. The molecule has 2 aromatic rings. The molecule has 0 amide bonds. The van der Waals surface area contributed by atoms with Crippen molar-refractivity contribution in [2.45, 2.75) is 25.8 Å². The number of nitrogens with two attached hydrogens (primary N) is 1. The number of benzene rings is 1. The predicted molar refractivity (Wildman–Crippen MR) is 73.6 cm³/mol. The van der Waals surface area contributed by atoms with Gasteiger partial charge in [0.1, 0.15) is 5.82 Å². The first-order chi connectivity index (χ1) is 8.65. The molecule has 0 aliphatic carbocycles. The highest BCUT2D eigenvalue weighted by Crippen LogP contribution is 2.17. The lowest BCUT2D eigenvalue weighted by molar-refractivity contribution is 0.713. The predicted octanol–water partition coefficient (Wildman–Crippen LogP) is 2.61. The lowest BCUT2D eigenvalue weighted by Gasteiger charge is -2.07. The minimum atomic E-state index is 0.105. The van der Waals surface area contributed by atoms with Gasteiger partial charge in [0.05, 0.1) is 0 Å². The molecule has 3 nitrogen and oxygen atoms in total. The summed E-state index contributed by atoms with van der Waals surface area (Å²) < 4.78 is 0. The Hall–Kier alpha value is -1.45. The van der Waals surface area contributed by atoms with Crippen LogP contribution in [0.1, 0.15) is 24.0 Å². The molecule has 4 heteroatoms. The lowest BCUT2D eigenvalue weighted by Crippen LogP contribution is -2.19. The molecule has 0 fully saturated rings. The van der Waals surface area contributed by atoms with Crippen LogP contribution < -0.4 is 5.73 Å². The highest BCUT2D eigenvalue weighted by Gasteiger charge is 2.05. The molecule has 2 N–H and O–H groups in total. The standard InChI is InChI=1S/C14H16ClN3/c1-10(16)8-12-6-7-17-14(18-12)9-11-4-2-3-5-13(11)15/h2-7,10H,8-9,16H2,1H3. The number of nitrogens with zero attached hydrogens (tertiary/aromatic N) is 2. The third-order valence-corrected chi connectivity index (χ3v) is 2.97. The van der Waals surface area contributed by atoms with E-state index < -0.39 is 0 Å². The lowest BCUT2D eigenvalue weighted by atomic mass is 10.1. The van der Waals surface area contributed by atoms with Crippen molar-refractivity contribution in [3.63, 3.8) is 0 Å². The summed E-state index contributed by atoms with van der Waals surface area (Å²) in [4.78, 5) is 8.77. The van der Waals surface area contributed by atoms with Crippen molar-refractivity contribution in [2.24, 2.45) is 5.73 Å². The summed E-state index contributed by atoms with van der Waals surface area (Å²) in [5.41, 5.74) is 7.78. The molecular formula is C14H16ClN3. The second-order valence-corrected chi connectivity index (χ2v) is 4.82. The van der Waals surface area contributed by atoms with E-state index >= 15 is 0 Å². The van der Waals surface area contributed by atoms with E-state index in [1.165, 1.54) is 0 Å². The van der Waals surface area contributed by atoms with E-state index in [4.69, 9.17) is 17.3 Å². The van der Waals surface area contributed by atoms with Gasteiger partial charge < -0.3 is 5.73 Å². The maximum absolute atomic E-state index is 6.12. The summed E-state index contributed by atoms with van der Waals surface area (Å²) >= 11 is 6.12. The van der Waals surface area contributed by atoms with Crippen molar-refractivity contribution in [3.05, 3.63) is 58.6 Å². The summed E-state index contributed by atoms with van der Waals surface area (Å²) in [6, 6.07) is 9.76. The number of hydrogen-bond donors (Lipinski definition) is 1. The molecule has 0 radical (unpaired) electrons. The largest absolute Gasteiger partial charge is 0.328 e. The van der Waals surface area contributed by atoms with Gasteiger partial charge in [0.2, 0.25) is 0 Å². The Kier molecular flexibility index (Phi) is 4.28. The molecule has 1 unspecified atom stereocenters. The molecule has 0 aliphatic rings. The molecule has 0 spiro atoms. The van der Waals surface area contributed by atoms with E-state index in [0.29, 0.717) is 6.42 Å². The van der Waals surface area contributed by atoms with Crippen molar-refractivity contribution in [2.75, 3.05) is 0 Å². The van der Waals surface area contributed by atoms with E-state index in [1.54, 1.807) is 6.20 Å². The Bertz CT molecular complexity index is 526. The van der Waals surface area contributed by atoms with Crippen LogP contribution in [0.4, 0.5) is 0 Å². The molecule has 1 atom stereocenters. The Labute approximate surface area is 112 Å². The highest BCUT2D eigenvalue weighted by atomic mass is 35.5. The van der Waals surface area contributed by atoms with Crippen molar-refractivity contribution < 1.29 is 0 Å². The van der Waals surface area contributed by atoms with Gasteiger partial charge in [-0.2, -0.15) is 0 Å². The zero-order chi connectivity index (χ0) is 13.0. The average Bonchev–Trinajstić information content (AvgIpc) is 2.32. The second kappa shape index (κ2) is 5.94. The van der Waals surface area contributed by atoms with Crippen molar-refractivity contribution >= 4 is 11.6 Å². The first-order valence-corrected chi connectivity index (χ1v) is 6.32. The monoisotopic (exact) mass is 261 g/mol. The van der Waals surface area contributed by atoms with Gasteiger partial charge in [-0.05, 0) is 24.6 Å². The SMILES string of the molecule is CC(N)Cc1ccnc(Cc2ccccc2Cl)n1. The Morgan fingerprint density at radius 2 is 2.06 bits per heavy atom. The zero-order valence-electron chi connectivity index (χ0n) is 10.3. The number of hydrogen-bond acceptors (Lipinski definition) is 3. The molecule has 94 valence electrons. The van der Waals surface area contributed by atoms with Gasteiger partial charge in [-0.3, -0.25) is 0 Å². The first kappa shape index (κ1) is 13.0. The summed E-state index contributed by atoms with van der Waals surface area (Å²) in [5, 5.41) is 0.749. The smallest absolute Gasteiger partial charge is 0.132 e. The quantitative estimate of drug-likeness (QED) is 0.921. The van der Waals surface area contributed by atoms with Crippen LogP contribution in [0.5, 0.6) is 0 Å². The van der Waals surface area contributed by atoms with Gasteiger partial charge in [0.25, 0.3) is 0 Å². The van der Waals surface area contributed by atoms with Gasteiger partial charge >= 0.3 is 0 Å². The minimum Gasteiger partial charge on any atom is -0.328 e. The first-order valence-electron chi connectivity index (χ1n) is 5.95. The van der Waals surface area contributed by atoms with Gasteiger partial charge in [0.15, 0.2) is 0 Å². The van der Waals surface area contributed by atoms with Crippen LogP contribution in [0.3, 0.4) is 0 Å². The van der Waals surface area contributed by atoms with Crippen LogP contribution in [0.25, 0.3) is 0 Å². The second-order valence-electron chi connectivity index (χ2n) is 4.41. The minimum absolute atomic E-state index is 0.105. The number of halogens is 1. The van der Waals surface area contributed by atoms with Crippen LogP contribution in [0.15, 0.2) is 36.5 Å². The van der Waals surface area contributed by atoms with Crippen molar-refractivity contribution in [1.82, 2.24) is 9.97 Å². The van der Waals surface area contributed by atoms with Gasteiger partial charge in [-0.15, -0.1) is 0 Å². The normalized spacial score (nSPS) is 12.4. The fourth-order valence-corrected chi connectivity index (χ4v) is 1.98. The Balaban J connectivity index is 2.17.